The number of hydrogen-bond donors (Lipinski definition) is 1. The van der Waals surface area contributed by atoms with E-state index in [1.165, 1.54) is 17.7 Å². The number of pyridine rings is 1. The third-order valence-corrected chi connectivity index (χ3v) is 3.28. The van der Waals surface area contributed by atoms with E-state index in [4.69, 9.17) is 5.73 Å². The van der Waals surface area contributed by atoms with Crippen molar-refractivity contribution in [3.8, 4) is 21.7 Å². The molecular formula is C12H9N5S. The maximum absolute atomic E-state index is 5.88. The van der Waals surface area contributed by atoms with E-state index in [9.17, 15) is 0 Å². The van der Waals surface area contributed by atoms with Crippen molar-refractivity contribution in [3.05, 3.63) is 42.6 Å². The summed E-state index contributed by atoms with van der Waals surface area (Å²) in [4.78, 5) is 16.4. The van der Waals surface area contributed by atoms with Gasteiger partial charge in [0.1, 0.15) is 17.2 Å². The van der Waals surface area contributed by atoms with E-state index in [1.54, 1.807) is 24.8 Å². The van der Waals surface area contributed by atoms with Gasteiger partial charge in [-0.2, -0.15) is 0 Å². The topological polar surface area (TPSA) is 77.6 Å². The van der Waals surface area contributed by atoms with Gasteiger partial charge in [0, 0.05) is 41.3 Å². The first-order valence-electron chi connectivity index (χ1n) is 5.25. The van der Waals surface area contributed by atoms with Gasteiger partial charge in [0.05, 0.1) is 5.56 Å². The lowest BCUT2D eigenvalue weighted by Gasteiger charge is -2.05. The predicted molar refractivity (Wildman–Crippen MR) is 70.8 cm³/mol. The van der Waals surface area contributed by atoms with Gasteiger partial charge in [-0.3, -0.25) is 0 Å². The standard InChI is InChI=1S/C12H9N5S/c13-11-10(12-16-1-2-18-12)3-8(6-17-11)9-4-14-7-15-5-9/h1-7H,(H2,13,17). The SMILES string of the molecule is Nc1ncc(-c2cncnc2)cc1-c1nccs1. The summed E-state index contributed by atoms with van der Waals surface area (Å²) in [6.45, 7) is 0. The molecule has 0 unspecified atom stereocenters. The van der Waals surface area contributed by atoms with E-state index in [2.05, 4.69) is 19.9 Å². The highest BCUT2D eigenvalue weighted by atomic mass is 32.1. The van der Waals surface area contributed by atoms with E-state index in [0.717, 1.165) is 21.7 Å². The summed E-state index contributed by atoms with van der Waals surface area (Å²) in [6.07, 6.45) is 8.44. The third-order valence-electron chi connectivity index (χ3n) is 2.48. The third kappa shape index (κ3) is 1.93. The van der Waals surface area contributed by atoms with E-state index in [1.807, 2.05) is 11.4 Å². The monoisotopic (exact) mass is 255 g/mol. The van der Waals surface area contributed by atoms with Crippen molar-refractivity contribution in [1.82, 2.24) is 19.9 Å². The Bertz CT molecular complexity index is 651. The quantitative estimate of drug-likeness (QED) is 0.759. The van der Waals surface area contributed by atoms with Gasteiger partial charge in [-0.15, -0.1) is 11.3 Å². The van der Waals surface area contributed by atoms with Crippen LogP contribution < -0.4 is 5.73 Å². The second-order valence-electron chi connectivity index (χ2n) is 3.62. The van der Waals surface area contributed by atoms with Crippen LogP contribution in [0.3, 0.4) is 0 Å². The summed E-state index contributed by atoms with van der Waals surface area (Å²) < 4.78 is 0. The molecule has 0 saturated carbocycles. The molecule has 0 amide bonds. The zero-order chi connectivity index (χ0) is 12.4. The molecule has 0 spiro atoms. The van der Waals surface area contributed by atoms with Gasteiger partial charge >= 0.3 is 0 Å². The van der Waals surface area contributed by atoms with Crippen LogP contribution in [0.5, 0.6) is 0 Å². The van der Waals surface area contributed by atoms with Crippen LogP contribution in [0.2, 0.25) is 0 Å². The molecule has 0 aliphatic heterocycles. The van der Waals surface area contributed by atoms with Gasteiger partial charge < -0.3 is 5.73 Å². The molecular weight excluding hydrogens is 246 g/mol. The second kappa shape index (κ2) is 4.50. The molecule has 0 saturated heterocycles. The lowest BCUT2D eigenvalue weighted by atomic mass is 10.1. The molecule has 0 fully saturated rings. The molecule has 18 heavy (non-hydrogen) atoms. The number of anilines is 1. The van der Waals surface area contributed by atoms with Crippen molar-refractivity contribution in [2.75, 3.05) is 5.73 Å². The summed E-state index contributed by atoms with van der Waals surface area (Å²) in [5.74, 6) is 0.477. The highest BCUT2D eigenvalue weighted by Crippen LogP contribution is 2.30. The fourth-order valence-corrected chi connectivity index (χ4v) is 2.27. The Kier molecular flexibility index (Phi) is 2.70. The summed E-state index contributed by atoms with van der Waals surface area (Å²) in [6, 6.07) is 1.96. The van der Waals surface area contributed by atoms with E-state index in [-0.39, 0.29) is 0 Å². The van der Waals surface area contributed by atoms with Gasteiger partial charge in [0.25, 0.3) is 0 Å². The largest absolute Gasteiger partial charge is 0.383 e. The molecule has 0 aliphatic carbocycles. The van der Waals surface area contributed by atoms with E-state index < -0.39 is 0 Å². The summed E-state index contributed by atoms with van der Waals surface area (Å²) in [5.41, 5.74) is 8.55. The molecule has 5 nitrogen and oxygen atoms in total. The van der Waals surface area contributed by atoms with Crippen LogP contribution in [0, 0.1) is 0 Å². The van der Waals surface area contributed by atoms with Crippen LogP contribution in [-0.4, -0.2) is 19.9 Å². The average Bonchev–Trinajstić information content (AvgIpc) is 2.94. The smallest absolute Gasteiger partial charge is 0.133 e. The van der Waals surface area contributed by atoms with Crippen LogP contribution in [0.25, 0.3) is 21.7 Å². The highest BCUT2D eigenvalue weighted by Gasteiger charge is 2.09. The number of aromatic nitrogens is 4. The Labute approximate surface area is 107 Å². The summed E-state index contributed by atoms with van der Waals surface area (Å²) in [5, 5.41) is 2.77. The number of rotatable bonds is 2. The van der Waals surface area contributed by atoms with Crippen LogP contribution in [-0.2, 0) is 0 Å². The molecule has 6 heteroatoms. The normalized spacial score (nSPS) is 10.4. The van der Waals surface area contributed by atoms with Gasteiger partial charge in [0.2, 0.25) is 0 Å². The second-order valence-corrected chi connectivity index (χ2v) is 4.52. The maximum atomic E-state index is 5.88. The molecule has 3 heterocycles. The molecule has 0 radical (unpaired) electrons. The maximum Gasteiger partial charge on any atom is 0.133 e. The minimum Gasteiger partial charge on any atom is -0.383 e. The van der Waals surface area contributed by atoms with Crippen molar-refractivity contribution < 1.29 is 0 Å². The number of nitrogen functional groups attached to an aromatic ring is 1. The molecule has 0 bridgehead atoms. The molecule has 3 rings (SSSR count). The minimum atomic E-state index is 0.477. The van der Waals surface area contributed by atoms with Gasteiger partial charge in [-0.1, -0.05) is 0 Å². The van der Waals surface area contributed by atoms with Crippen molar-refractivity contribution in [2.45, 2.75) is 0 Å². The Hall–Kier alpha value is -2.34. The van der Waals surface area contributed by atoms with Crippen molar-refractivity contribution in [1.29, 1.82) is 0 Å². The van der Waals surface area contributed by atoms with Crippen LogP contribution in [0.15, 0.2) is 42.6 Å². The van der Waals surface area contributed by atoms with Crippen molar-refractivity contribution in [3.63, 3.8) is 0 Å². The average molecular weight is 255 g/mol. The number of hydrogen-bond acceptors (Lipinski definition) is 6. The molecule has 0 atom stereocenters. The fourth-order valence-electron chi connectivity index (χ4n) is 1.61. The first kappa shape index (κ1) is 10.8. The Morgan fingerprint density at radius 1 is 1.00 bits per heavy atom. The fraction of sp³-hybridized carbons (Fsp3) is 0. The predicted octanol–water partition coefficient (Wildman–Crippen LogP) is 2.24. The van der Waals surface area contributed by atoms with Crippen LogP contribution in [0.1, 0.15) is 0 Å². The number of nitrogens with zero attached hydrogens (tertiary/aromatic N) is 4. The first-order chi connectivity index (χ1) is 8.84. The summed E-state index contributed by atoms with van der Waals surface area (Å²) >= 11 is 1.53. The number of thiazole rings is 1. The molecule has 88 valence electrons. The van der Waals surface area contributed by atoms with Crippen molar-refractivity contribution >= 4 is 17.2 Å². The van der Waals surface area contributed by atoms with Gasteiger partial charge in [-0.25, -0.2) is 19.9 Å². The minimum absolute atomic E-state index is 0.477. The Morgan fingerprint density at radius 3 is 2.56 bits per heavy atom. The number of nitrogens with two attached hydrogens (primary N) is 1. The Balaban J connectivity index is 2.12. The van der Waals surface area contributed by atoms with Crippen LogP contribution >= 0.6 is 11.3 Å². The zero-order valence-electron chi connectivity index (χ0n) is 9.32. The van der Waals surface area contributed by atoms with Gasteiger partial charge in [-0.05, 0) is 6.07 Å². The lowest BCUT2D eigenvalue weighted by molar-refractivity contribution is 1.17. The molecule has 2 N–H and O–H groups in total. The zero-order valence-corrected chi connectivity index (χ0v) is 10.1. The molecule has 0 aromatic carbocycles. The lowest BCUT2D eigenvalue weighted by Crippen LogP contribution is -1.95. The highest BCUT2D eigenvalue weighted by molar-refractivity contribution is 7.13. The Morgan fingerprint density at radius 2 is 1.83 bits per heavy atom. The van der Waals surface area contributed by atoms with E-state index >= 15 is 0 Å². The van der Waals surface area contributed by atoms with Crippen molar-refractivity contribution in [2.24, 2.45) is 0 Å². The summed E-state index contributed by atoms with van der Waals surface area (Å²) in [7, 11) is 0. The van der Waals surface area contributed by atoms with Crippen LogP contribution in [0.4, 0.5) is 5.82 Å². The van der Waals surface area contributed by atoms with E-state index in [0.29, 0.717) is 5.82 Å². The molecule has 3 aromatic rings. The molecule has 0 aliphatic rings. The van der Waals surface area contributed by atoms with Gasteiger partial charge in [0.15, 0.2) is 0 Å². The first-order valence-corrected chi connectivity index (χ1v) is 6.13. The molecule has 3 aromatic heterocycles.